The van der Waals surface area contributed by atoms with Crippen LogP contribution in [-0.4, -0.2) is 48.5 Å². The van der Waals surface area contributed by atoms with Crippen molar-refractivity contribution in [2.75, 3.05) is 26.2 Å². The number of para-hydroxylation sites is 1. The third-order valence-electron chi connectivity index (χ3n) is 4.71. The minimum atomic E-state index is -2.90. The molecule has 2 aromatic carbocycles. The summed E-state index contributed by atoms with van der Waals surface area (Å²) in [5.74, 6) is -0.0634. The zero-order chi connectivity index (χ0) is 19.9. The molecule has 28 heavy (non-hydrogen) atoms. The normalized spacial score (nSPS) is 15.4. The van der Waals surface area contributed by atoms with Crippen LogP contribution in [0.1, 0.15) is 16.7 Å². The van der Waals surface area contributed by atoms with Crippen LogP contribution in [0.2, 0.25) is 0 Å². The number of hydrogen-bond donors (Lipinski definition) is 0. The Morgan fingerprint density at radius 3 is 2.57 bits per heavy atom. The van der Waals surface area contributed by atoms with Gasteiger partial charge in [-0.3, -0.25) is 9.69 Å². The van der Waals surface area contributed by atoms with Crippen LogP contribution in [0.15, 0.2) is 54.6 Å². The number of halogens is 2. The number of rotatable bonds is 6. The highest BCUT2D eigenvalue weighted by Gasteiger charge is 2.19. The van der Waals surface area contributed by atoms with Gasteiger partial charge in [-0.2, -0.15) is 8.78 Å². The summed E-state index contributed by atoms with van der Waals surface area (Å²) in [5.41, 5.74) is 2.97. The lowest BCUT2D eigenvalue weighted by atomic mass is 10.1. The predicted molar refractivity (Wildman–Crippen MR) is 105 cm³/mol. The maximum atomic E-state index is 12.5. The topological polar surface area (TPSA) is 32.8 Å². The van der Waals surface area contributed by atoms with Crippen molar-refractivity contribution in [3.8, 4) is 5.75 Å². The highest BCUT2D eigenvalue weighted by Crippen LogP contribution is 2.21. The van der Waals surface area contributed by atoms with Gasteiger partial charge in [-0.1, -0.05) is 48.0 Å². The molecule has 0 unspecified atom stereocenters. The number of amides is 1. The fourth-order valence-electron chi connectivity index (χ4n) is 3.28. The Hall–Kier alpha value is -2.73. The lowest BCUT2D eigenvalue weighted by molar-refractivity contribution is -0.127. The van der Waals surface area contributed by atoms with E-state index in [0.29, 0.717) is 18.7 Å². The molecule has 1 saturated heterocycles. The Bertz CT molecular complexity index is 831. The van der Waals surface area contributed by atoms with Crippen molar-refractivity contribution in [2.24, 2.45) is 0 Å². The van der Waals surface area contributed by atoms with Gasteiger partial charge in [-0.05, 0) is 24.6 Å². The second-order valence-electron chi connectivity index (χ2n) is 6.84. The Morgan fingerprint density at radius 1 is 1.11 bits per heavy atom. The molecule has 2 aromatic rings. The van der Waals surface area contributed by atoms with Crippen LogP contribution in [0.5, 0.6) is 5.75 Å². The molecule has 1 amide bonds. The molecule has 0 atom stereocenters. The number of alkyl halides is 2. The van der Waals surface area contributed by atoms with E-state index in [-0.39, 0.29) is 11.7 Å². The third kappa shape index (κ3) is 5.63. The molecular weight excluding hydrogens is 362 g/mol. The summed E-state index contributed by atoms with van der Waals surface area (Å²) in [5, 5.41) is 0. The molecule has 0 spiro atoms. The number of carbonyl (C=O) groups is 1. The van der Waals surface area contributed by atoms with Crippen LogP contribution in [0.25, 0.3) is 6.08 Å². The first kappa shape index (κ1) is 20.0. The molecular formula is C22H24F2N2O2. The van der Waals surface area contributed by atoms with Crippen molar-refractivity contribution in [1.29, 1.82) is 0 Å². The number of aryl methyl sites for hydroxylation is 1. The Morgan fingerprint density at radius 2 is 1.86 bits per heavy atom. The second kappa shape index (κ2) is 9.46. The number of piperazine rings is 1. The average molecular weight is 386 g/mol. The van der Waals surface area contributed by atoms with E-state index < -0.39 is 6.61 Å². The summed E-state index contributed by atoms with van der Waals surface area (Å²) in [6.07, 6.45) is 2.95. The summed E-state index contributed by atoms with van der Waals surface area (Å²) in [4.78, 5) is 16.6. The van der Waals surface area contributed by atoms with Crippen molar-refractivity contribution in [3.63, 3.8) is 0 Å². The van der Waals surface area contributed by atoms with E-state index in [9.17, 15) is 13.6 Å². The molecule has 1 fully saturated rings. The second-order valence-corrected chi connectivity index (χ2v) is 6.84. The summed E-state index contributed by atoms with van der Waals surface area (Å²) < 4.78 is 29.4. The van der Waals surface area contributed by atoms with Crippen molar-refractivity contribution in [3.05, 3.63) is 71.3 Å². The van der Waals surface area contributed by atoms with Crippen LogP contribution in [0.4, 0.5) is 8.78 Å². The van der Waals surface area contributed by atoms with E-state index in [1.54, 1.807) is 23.1 Å². The largest absolute Gasteiger partial charge is 0.434 e. The monoisotopic (exact) mass is 386 g/mol. The summed E-state index contributed by atoms with van der Waals surface area (Å²) in [6.45, 7) is 2.95. The first-order valence-corrected chi connectivity index (χ1v) is 9.30. The van der Waals surface area contributed by atoms with Crippen molar-refractivity contribution in [1.82, 2.24) is 9.80 Å². The quantitative estimate of drug-likeness (QED) is 0.705. The molecule has 148 valence electrons. The number of carbonyl (C=O) groups excluding carboxylic acids is 1. The zero-order valence-electron chi connectivity index (χ0n) is 15.9. The molecule has 0 aliphatic carbocycles. The van der Waals surface area contributed by atoms with Gasteiger partial charge in [0.05, 0.1) is 0 Å². The molecule has 6 heteroatoms. The SMILES string of the molecule is Cc1cccc(CN2CCN(C(=O)/C=C/c3ccccc3OC(F)F)CC2)c1. The number of hydrogen-bond acceptors (Lipinski definition) is 3. The van der Waals surface area contributed by atoms with Crippen LogP contribution in [0.3, 0.4) is 0 Å². The number of ether oxygens (including phenoxy) is 1. The summed E-state index contributed by atoms with van der Waals surface area (Å²) in [7, 11) is 0. The summed E-state index contributed by atoms with van der Waals surface area (Å²) >= 11 is 0. The molecule has 3 rings (SSSR count). The first-order chi connectivity index (χ1) is 13.5. The molecule has 0 N–H and O–H groups in total. The standard InChI is InChI=1S/C22H24F2N2O2/c1-17-5-4-6-18(15-17)16-25-11-13-26(14-12-25)21(27)10-9-19-7-2-3-8-20(19)28-22(23)24/h2-10,15,22H,11-14,16H2,1H3/b10-9+. The van der Waals surface area contributed by atoms with E-state index in [0.717, 1.165) is 19.6 Å². The van der Waals surface area contributed by atoms with E-state index in [4.69, 9.17) is 0 Å². The van der Waals surface area contributed by atoms with E-state index in [2.05, 4.69) is 40.8 Å². The molecule has 1 aliphatic heterocycles. The lowest BCUT2D eigenvalue weighted by Crippen LogP contribution is -2.47. The molecule has 0 radical (unpaired) electrons. The van der Waals surface area contributed by atoms with E-state index in [1.165, 1.54) is 29.3 Å². The molecule has 1 aliphatic rings. The van der Waals surface area contributed by atoms with Crippen LogP contribution < -0.4 is 4.74 Å². The van der Waals surface area contributed by atoms with E-state index in [1.807, 2.05) is 0 Å². The van der Waals surface area contributed by atoms with E-state index >= 15 is 0 Å². The van der Waals surface area contributed by atoms with Crippen LogP contribution >= 0.6 is 0 Å². The van der Waals surface area contributed by atoms with Gasteiger partial charge >= 0.3 is 6.61 Å². The van der Waals surface area contributed by atoms with Gasteiger partial charge < -0.3 is 9.64 Å². The van der Waals surface area contributed by atoms with Crippen LogP contribution in [0, 0.1) is 6.92 Å². The molecule has 4 nitrogen and oxygen atoms in total. The lowest BCUT2D eigenvalue weighted by Gasteiger charge is -2.34. The smallest absolute Gasteiger partial charge is 0.387 e. The van der Waals surface area contributed by atoms with Gasteiger partial charge in [-0.15, -0.1) is 0 Å². The van der Waals surface area contributed by atoms with Gasteiger partial charge in [0, 0.05) is 44.4 Å². The van der Waals surface area contributed by atoms with Crippen LogP contribution in [-0.2, 0) is 11.3 Å². The molecule has 0 aromatic heterocycles. The average Bonchev–Trinajstić information content (AvgIpc) is 2.67. The van der Waals surface area contributed by atoms with Gasteiger partial charge in [0.2, 0.25) is 5.91 Å². The predicted octanol–water partition coefficient (Wildman–Crippen LogP) is 3.95. The fourth-order valence-corrected chi connectivity index (χ4v) is 3.28. The minimum Gasteiger partial charge on any atom is -0.434 e. The van der Waals surface area contributed by atoms with Crippen molar-refractivity contribution in [2.45, 2.75) is 20.1 Å². The minimum absolute atomic E-state index is 0.0597. The van der Waals surface area contributed by atoms with Gasteiger partial charge in [0.15, 0.2) is 0 Å². The molecule has 1 heterocycles. The molecule has 0 bridgehead atoms. The first-order valence-electron chi connectivity index (χ1n) is 9.30. The van der Waals surface area contributed by atoms with Gasteiger partial charge in [0.25, 0.3) is 0 Å². The fraction of sp³-hybridized carbons (Fsp3) is 0.318. The molecule has 0 saturated carbocycles. The number of nitrogens with zero attached hydrogens (tertiary/aromatic N) is 2. The van der Waals surface area contributed by atoms with Crippen molar-refractivity contribution < 1.29 is 18.3 Å². The highest BCUT2D eigenvalue weighted by molar-refractivity contribution is 5.92. The zero-order valence-corrected chi connectivity index (χ0v) is 15.9. The Labute approximate surface area is 164 Å². The highest BCUT2D eigenvalue weighted by atomic mass is 19.3. The maximum Gasteiger partial charge on any atom is 0.387 e. The Balaban J connectivity index is 1.53. The van der Waals surface area contributed by atoms with Crippen molar-refractivity contribution >= 4 is 12.0 Å². The maximum absolute atomic E-state index is 12.5. The Kier molecular flexibility index (Phi) is 6.76. The van der Waals surface area contributed by atoms with Gasteiger partial charge in [0.1, 0.15) is 5.75 Å². The third-order valence-corrected chi connectivity index (χ3v) is 4.71. The summed E-state index contributed by atoms with van der Waals surface area (Å²) in [6, 6.07) is 14.9. The number of benzene rings is 2. The van der Waals surface area contributed by atoms with Gasteiger partial charge in [-0.25, -0.2) is 0 Å².